The second-order valence-electron chi connectivity index (χ2n) is 5.80. The molecule has 0 spiro atoms. The van der Waals surface area contributed by atoms with Crippen LogP contribution in [0.15, 0.2) is 28.8 Å². The summed E-state index contributed by atoms with van der Waals surface area (Å²) in [6.45, 7) is 8.00. The largest absolute Gasteiger partial charge is 0.484 e. The Kier molecular flexibility index (Phi) is 5.73. The molecule has 0 saturated heterocycles. The van der Waals surface area contributed by atoms with Crippen LogP contribution in [-0.4, -0.2) is 28.7 Å². The first kappa shape index (κ1) is 17.0. The molecular formula is C17H23N3O3. The van der Waals surface area contributed by atoms with Gasteiger partial charge < -0.3 is 14.6 Å². The molecule has 0 aliphatic rings. The van der Waals surface area contributed by atoms with E-state index in [0.29, 0.717) is 17.5 Å². The van der Waals surface area contributed by atoms with Gasteiger partial charge >= 0.3 is 0 Å². The van der Waals surface area contributed by atoms with E-state index in [2.05, 4.69) is 15.5 Å². The van der Waals surface area contributed by atoms with Crippen molar-refractivity contribution < 1.29 is 14.1 Å². The van der Waals surface area contributed by atoms with Crippen LogP contribution < -0.4 is 10.1 Å². The first-order valence-electron chi connectivity index (χ1n) is 7.85. The number of ether oxygens (including phenoxy) is 1. The number of amides is 1. The van der Waals surface area contributed by atoms with E-state index >= 15 is 0 Å². The number of carbonyl (C=O) groups is 1. The molecule has 1 heterocycles. The average molecular weight is 317 g/mol. The van der Waals surface area contributed by atoms with Gasteiger partial charge in [0.05, 0.1) is 0 Å². The molecule has 0 radical (unpaired) electrons. The quantitative estimate of drug-likeness (QED) is 0.849. The van der Waals surface area contributed by atoms with E-state index in [0.717, 1.165) is 12.0 Å². The lowest BCUT2D eigenvalue weighted by atomic mass is 10.2. The second-order valence-corrected chi connectivity index (χ2v) is 5.80. The molecule has 1 N–H and O–H groups in total. The Bertz CT molecular complexity index is 635. The Balaban J connectivity index is 1.92. The van der Waals surface area contributed by atoms with Crippen LogP contribution in [0.2, 0.25) is 0 Å². The third kappa shape index (κ3) is 4.81. The molecule has 2 aromatic rings. The number of nitrogens with one attached hydrogen (secondary N) is 1. The molecule has 1 atom stereocenters. The van der Waals surface area contributed by atoms with Gasteiger partial charge in [0.25, 0.3) is 11.8 Å². The molecule has 0 unspecified atom stereocenters. The molecule has 1 aromatic carbocycles. The topological polar surface area (TPSA) is 77.2 Å². The van der Waals surface area contributed by atoms with Gasteiger partial charge in [0.1, 0.15) is 5.75 Å². The smallest absolute Gasteiger partial charge is 0.258 e. The Hall–Kier alpha value is -2.37. The molecule has 0 bridgehead atoms. The molecule has 6 nitrogen and oxygen atoms in total. The van der Waals surface area contributed by atoms with Crippen LogP contribution in [0.25, 0.3) is 11.5 Å². The predicted octanol–water partition coefficient (Wildman–Crippen LogP) is 3.15. The number of nitrogens with zero attached hydrogens (tertiary/aromatic N) is 2. The summed E-state index contributed by atoms with van der Waals surface area (Å²) >= 11 is 0. The monoisotopic (exact) mass is 317 g/mol. The van der Waals surface area contributed by atoms with Crippen molar-refractivity contribution in [3.05, 3.63) is 30.1 Å². The molecular weight excluding hydrogens is 294 g/mol. The first-order valence-corrected chi connectivity index (χ1v) is 7.85. The zero-order valence-electron chi connectivity index (χ0n) is 14.0. The number of carbonyl (C=O) groups excluding carboxylic acids is 1. The van der Waals surface area contributed by atoms with Crippen molar-refractivity contribution in [2.75, 3.05) is 6.61 Å². The fraction of sp³-hybridized carbons (Fsp3) is 0.471. The molecule has 124 valence electrons. The molecule has 2 rings (SSSR count). The van der Waals surface area contributed by atoms with Gasteiger partial charge in [-0.15, -0.1) is 0 Å². The maximum atomic E-state index is 11.7. The first-order chi connectivity index (χ1) is 11.0. The van der Waals surface area contributed by atoms with Crippen LogP contribution in [-0.2, 0) is 4.79 Å². The predicted molar refractivity (Wildman–Crippen MR) is 87.2 cm³/mol. The number of rotatable bonds is 7. The standard InChI is InChI=1S/C17H23N3O3/c1-5-12(4)18-15(21)10-22-14-8-6-13(7-9-14)17-19-16(11(2)3)20-23-17/h6-9,11-12H,5,10H2,1-4H3,(H,18,21)/t12-/m0/s1. The van der Waals surface area contributed by atoms with Crippen molar-refractivity contribution in [2.45, 2.75) is 46.1 Å². The highest BCUT2D eigenvalue weighted by Gasteiger charge is 2.12. The van der Waals surface area contributed by atoms with Crippen LogP contribution >= 0.6 is 0 Å². The lowest BCUT2D eigenvalue weighted by Gasteiger charge is -2.12. The fourth-order valence-corrected chi connectivity index (χ4v) is 1.85. The van der Waals surface area contributed by atoms with Gasteiger partial charge in [0.15, 0.2) is 12.4 Å². The number of hydrogen-bond donors (Lipinski definition) is 1. The summed E-state index contributed by atoms with van der Waals surface area (Å²) < 4.78 is 10.7. The minimum atomic E-state index is -0.123. The van der Waals surface area contributed by atoms with Crippen molar-refractivity contribution in [2.24, 2.45) is 0 Å². The van der Waals surface area contributed by atoms with Gasteiger partial charge in [-0.05, 0) is 37.6 Å². The van der Waals surface area contributed by atoms with Gasteiger partial charge in [-0.2, -0.15) is 4.98 Å². The summed E-state index contributed by atoms with van der Waals surface area (Å²) in [5.41, 5.74) is 0.820. The summed E-state index contributed by atoms with van der Waals surface area (Å²) in [5.74, 6) is 1.88. The molecule has 1 amide bonds. The molecule has 1 aromatic heterocycles. The second kappa shape index (κ2) is 7.76. The summed E-state index contributed by atoms with van der Waals surface area (Å²) in [4.78, 5) is 16.0. The maximum Gasteiger partial charge on any atom is 0.258 e. The van der Waals surface area contributed by atoms with Gasteiger partial charge in [0, 0.05) is 17.5 Å². The van der Waals surface area contributed by atoms with Gasteiger partial charge in [-0.1, -0.05) is 25.9 Å². The van der Waals surface area contributed by atoms with Crippen molar-refractivity contribution in [1.29, 1.82) is 0 Å². The molecule has 0 fully saturated rings. The average Bonchev–Trinajstić information content (AvgIpc) is 3.03. The Morgan fingerprint density at radius 3 is 2.52 bits per heavy atom. The zero-order valence-corrected chi connectivity index (χ0v) is 14.0. The molecule has 0 aliphatic carbocycles. The third-order valence-corrected chi connectivity index (χ3v) is 3.45. The van der Waals surface area contributed by atoms with Gasteiger partial charge in [0.2, 0.25) is 0 Å². The highest BCUT2D eigenvalue weighted by molar-refractivity contribution is 5.77. The van der Waals surface area contributed by atoms with Crippen LogP contribution in [0, 0.1) is 0 Å². The summed E-state index contributed by atoms with van der Waals surface area (Å²) in [6, 6.07) is 7.39. The van der Waals surface area contributed by atoms with E-state index in [1.165, 1.54) is 0 Å². The van der Waals surface area contributed by atoms with Crippen LogP contribution in [0.1, 0.15) is 45.9 Å². The zero-order chi connectivity index (χ0) is 16.8. The fourth-order valence-electron chi connectivity index (χ4n) is 1.85. The van der Waals surface area contributed by atoms with Crippen LogP contribution in [0.4, 0.5) is 0 Å². The van der Waals surface area contributed by atoms with Crippen LogP contribution in [0.3, 0.4) is 0 Å². The highest BCUT2D eigenvalue weighted by atomic mass is 16.5. The molecule has 0 saturated carbocycles. The Labute approximate surface area is 136 Å². The van der Waals surface area contributed by atoms with E-state index in [1.54, 1.807) is 12.1 Å². The normalized spacial score (nSPS) is 12.2. The molecule has 6 heteroatoms. The minimum absolute atomic E-state index is 0.00173. The third-order valence-electron chi connectivity index (χ3n) is 3.45. The number of hydrogen-bond acceptors (Lipinski definition) is 5. The van der Waals surface area contributed by atoms with E-state index in [9.17, 15) is 4.79 Å². The van der Waals surface area contributed by atoms with Crippen molar-refractivity contribution >= 4 is 5.91 Å². The highest BCUT2D eigenvalue weighted by Crippen LogP contribution is 2.22. The minimum Gasteiger partial charge on any atom is -0.484 e. The van der Waals surface area contributed by atoms with E-state index in [1.807, 2.05) is 39.8 Å². The molecule has 0 aliphatic heterocycles. The summed E-state index contributed by atoms with van der Waals surface area (Å²) in [7, 11) is 0. The maximum absolute atomic E-state index is 11.7. The van der Waals surface area contributed by atoms with Gasteiger partial charge in [-0.3, -0.25) is 4.79 Å². The van der Waals surface area contributed by atoms with Crippen molar-refractivity contribution in [1.82, 2.24) is 15.5 Å². The number of benzene rings is 1. The summed E-state index contributed by atoms with van der Waals surface area (Å²) in [5, 5.41) is 6.79. The van der Waals surface area contributed by atoms with Crippen molar-refractivity contribution in [3.8, 4) is 17.2 Å². The van der Waals surface area contributed by atoms with E-state index in [-0.39, 0.29) is 24.5 Å². The Morgan fingerprint density at radius 2 is 1.96 bits per heavy atom. The van der Waals surface area contributed by atoms with Crippen LogP contribution in [0.5, 0.6) is 5.75 Å². The van der Waals surface area contributed by atoms with Gasteiger partial charge in [-0.25, -0.2) is 0 Å². The van der Waals surface area contributed by atoms with Crippen molar-refractivity contribution in [3.63, 3.8) is 0 Å². The Morgan fingerprint density at radius 1 is 1.26 bits per heavy atom. The number of aromatic nitrogens is 2. The SMILES string of the molecule is CC[C@H](C)NC(=O)COc1ccc(-c2nc(C(C)C)no2)cc1. The lowest BCUT2D eigenvalue weighted by Crippen LogP contribution is -2.35. The lowest BCUT2D eigenvalue weighted by molar-refractivity contribution is -0.123. The van der Waals surface area contributed by atoms with E-state index in [4.69, 9.17) is 9.26 Å². The molecule has 23 heavy (non-hydrogen) atoms. The van der Waals surface area contributed by atoms with E-state index < -0.39 is 0 Å². The summed E-state index contributed by atoms with van der Waals surface area (Å²) in [6.07, 6.45) is 0.892.